The molecule has 31 heavy (non-hydrogen) atoms. The van der Waals surface area contributed by atoms with Crippen LogP contribution in [-0.2, 0) is 16.0 Å². The first-order valence-electron chi connectivity index (χ1n) is 12.0. The minimum Gasteiger partial charge on any atom is -0.496 e. The summed E-state index contributed by atoms with van der Waals surface area (Å²) in [4.78, 5) is 20.7. The van der Waals surface area contributed by atoms with Crippen molar-refractivity contribution in [2.45, 2.75) is 45.1 Å². The van der Waals surface area contributed by atoms with Gasteiger partial charge in [0.2, 0.25) is 5.91 Å². The number of hydrogen-bond acceptors (Lipinski definition) is 5. The van der Waals surface area contributed by atoms with E-state index in [4.69, 9.17) is 9.47 Å². The molecule has 6 nitrogen and oxygen atoms in total. The number of rotatable bonds is 11. The topological polar surface area (TPSA) is 45.2 Å². The number of para-hydroxylation sites is 1. The van der Waals surface area contributed by atoms with E-state index in [1.54, 1.807) is 14.2 Å². The molecule has 3 rings (SSSR count). The van der Waals surface area contributed by atoms with Crippen LogP contribution in [-0.4, -0.2) is 93.3 Å². The second kappa shape index (κ2) is 12.4. The molecule has 0 aromatic heterocycles. The minimum absolute atomic E-state index is 0.231. The molecule has 0 N–H and O–H groups in total. The third-order valence-corrected chi connectivity index (χ3v) is 7.02. The molecule has 2 aliphatic heterocycles. The highest BCUT2D eigenvalue weighted by molar-refractivity contribution is 5.79. The van der Waals surface area contributed by atoms with Gasteiger partial charge in [-0.25, -0.2) is 0 Å². The molecule has 174 valence electrons. The lowest BCUT2D eigenvalue weighted by Gasteiger charge is -2.37. The molecule has 1 amide bonds. The standard InChI is InChI=1S/C25H41N3O3/c1-4-27-13-7-9-23(27)20-28(19-21-11-14-26(15-12-21)16-17-30-2)25(29)18-22-8-5-6-10-24(22)31-3/h5-6,8,10,21,23H,4,7,9,11-20H2,1-3H3. The Kier molecular flexibility index (Phi) is 9.62. The second-order valence-electron chi connectivity index (χ2n) is 8.99. The van der Waals surface area contributed by atoms with E-state index < -0.39 is 0 Å². The van der Waals surface area contributed by atoms with Crippen LogP contribution in [0.25, 0.3) is 0 Å². The summed E-state index contributed by atoms with van der Waals surface area (Å²) in [5, 5.41) is 0. The first kappa shape index (κ1) is 24.0. The van der Waals surface area contributed by atoms with Crippen LogP contribution in [0.3, 0.4) is 0 Å². The van der Waals surface area contributed by atoms with Gasteiger partial charge in [0.15, 0.2) is 0 Å². The number of methoxy groups -OCH3 is 2. The third kappa shape index (κ3) is 6.93. The number of piperidine rings is 1. The quantitative estimate of drug-likeness (QED) is 0.539. The van der Waals surface area contributed by atoms with E-state index in [-0.39, 0.29) is 5.91 Å². The normalized spacial score (nSPS) is 20.8. The summed E-state index contributed by atoms with van der Waals surface area (Å²) in [7, 11) is 3.44. The molecule has 1 atom stereocenters. The number of ether oxygens (including phenoxy) is 2. The largest absolute Gasteiger partial charge is 0.496 e. The molecule has 0 saturated carbocycles. The number of carbonyl (C=O) groups is 1. The SMILES string of the molecule is CCN1CCCC1CN(CC1CCN(CCOC)CC1)C(=O)Cc1ccccc1OC. The third-order valence-electron chi connectivity index (χ3n) is 7.02. The monoisotopic (exact) mass is 431 g/mol. The van der Waals surface area contributed by atoms with Crippen molar-refractivity contribution in [3.63, 3.8) is 0 Å². The predicted molar refractivity (Wildman–Crippen MR) is 125 cm³/mol. The summed E-state index contributed by atoms with van der Waals surface area (Å²) in [6, 6.07) is 8.39. The van der Waals surface area contributed by atoms with Crippen molar-refractivity contribution in [2.75, 3.05) is 66.6 Å². The molecule has 1 unspecified atom stereocenters. The molecular formula is C25H41N3O3. The van der Waals surface area contributed by atoms with Crippen molar-refractivity contribution in [1.29, 1.82) is 0 Å². The lowest BCUT2D eigenvalue weighted by Crippen LogP contribution is -2.47. The van der Waals surface area contributed by atoms with Gasteiger partial charge in [-0.3, -0.25) is 9.69 Å². The second-order valence-corrected chi connectivity index (χ2v) is 8.99. The van der Waals surface area contributed by atoms with Crippen molar-refractivity contribution in [2.24, 2.45) is 5.92 Å². The Balaban J connectivity index is 1.64. The molecule has 2 fully saturated rings. The zero-order valence-electron chi connectivity index (χ0n) is 19.7. The predicted octanol–water partition coefficient (Wildman–Crippen LogP) is 2.91. The summed E-state index contributed by atoms with van der Waals surface area (Å²) < 4.78 is 10.7. The fourth-order valence-corrected chi connectivity index (χ4v) is 5.10. The van der Waals surface area contributed by atoms with Gasteiger partial charge >= 0.3 is 0 Å². The Hall–Kier alpha value is -1.63. The van der Waals surface area contributed by atoms with Crippen LogP contribution in [0.15, 0.2) is 24.3 Å². The van der Waals surface area contributed by atoms with Gasteiger partial charge in [0.1, 0.15) is 5.75 Å². The van der Waals surface area contributed by atoms with Gasteiger partial charge in [-0.05, 0) is 63.8 Å². The van der Waals surface area contributed by atoms with Crippen LogP contribution in [0.5, 0.6) is 5.75 Å². The molecule has 0 aliphatic carbocycles. The van der Waals surface area contributed by atoms with Gasteiger partial charge in [-0.2, -0.15) is 0 Å². The Morgan fingerprint density at radius 2 is 1.87 bits per heavy atom. The molecule has 0 spiro atoms. The maximum absolute atomic E-state index is 13.5. The fraction of sp³-hybridized carbons (Fsp3) is 0.720. The van der Waals surface area contributed by atoms with E-state index >= 15 is 0 Å². The van der Waals surface area contributed by atoms with Crippen LogP contribution in [0.2, 0.25) is 0 Å². The van der Waals surface area contributed by atoms with Crippen molar-refractivity contribution in [3.8, 4) is 5.75 Å². The van der Waals surface area contributed by atoms with E-state index in [9.17, 15) is 4.79 Å². The number of hydrogen-bond donors (Lipinski definition) is 0. The van der Waals surface area contributed by atoms with Crippen LogP contribution in [0, 0.1) is 5.92 Å². The van der Waals surface area contributed by atoms with Crippen LogP contribution in [0.1, 0.15) is 38.2 Å². The highest BCUT2D eigenvalue weighted by Crippen LogP contribution is 2.24. The van der Waals surface area contributed by atoms with Gasteiger partial charge in [0.25, 0.3) is 0 Å². The highest BCUT2D eigenvalue weighted by Gasteiger charge is 2.30. The Morgan fingerprint density at radius 3 is 2.58 bits per heavy atom. The Morgan fingerprint density at radius 1 is 1.10 bits per heavy atom. The Bertz CT molecular complexity index is 676. The van der Waals surface area contributed by atoms with Crippen LogP contribution >= 0.6 is 0 Å². The smallest absolute Gasteiger partial charge is 0.227 e. The average Bonchev–Trinajstić information content (AvgIpc) is 3.25. The van der Waals surface area contributed by atoms with E-state index in [0.29, 0.717) is 18.4 Å². The minimum atomic E-state index is 0.231. The van der Waals surface area contributed by atoms with E-state index in [1.807, 2.05) is 24.3 Å². The van der Waals surface area contributed by atoms with Gasteiger partial charge in [-0.1, -0.05) is 25.1 Å². The first-order chi connectivity index (χ1) is 15.1. The molecule has 2 saturated heterocycles. The Labute approximate surface area is 188 Å². The van der Waals surface area contributed by atoms with Gasteiger partial charge < -0.3 is 19.3 Å². The van der Waals surface area contributed by atoms with Gasteiger partial charge in [-0.15, -0.1) is 0 Å². The zero-order valence-corrected chi connectivity index (χ0v) is 19.7. The molecular weight excluding hydrogens is 390 g/mol. The molecule has 0 bridgehead atoms. The maximum atomic E-state index is 13.5. The summed E-state index contributed by atoms with van der Waals surface area (Å²) in [6.07, 6.45) is 5.16. The van der Waals surface area contributed by atoms with Gasteiger partial charge in [0.05, 0.1) is 20.1 Å². The highest BCUT2D eigenvalue weighted by atomic mass is 16.5. The summed E-state index contributed by atoms with van der Waals surface area (Å²) in [5.74, 6) is 1.62. The lowest BCUT2D eigenvalue weighted by molar-refractivity contribution is -0.132. The number of amides is 1. The van der Waals surface area contributed by atoms with Crippen molar-refractivity contribution < 1.29 is 14.3 Å². The van der Waals surface area contributed by atoms with Gasteiger partial charge in [0, 0.05) is 38.3 Å². The number of likely N-dealkylation sites (tertiary alicyclic amines) is 2. The number of nitrogens with zero attached hydrogens (tertiary/aromatic N) is 3. The molecule has 2 heterocycles. The molecule has 6 heteroatoms. The average molecular weight is 432 g/mol. The lowest BCUT2D eigenvalue weighted by atomic mass is 9.95. The fourth-order valence-electron chi connectivity index (χ4n) is 5.10. The number of benzene rings is 1. The summed E-state index contributed by atoms with van der Waals surface area (Å²) >= 11 is 0. The molecule has 0 radical (unpaired) electrons. The van der Waals surface area contributed by atoms with E-state index in [0.717, 1.165) is 76.6 Å². The zero-order chi connectivity index (χ0) is 22.1. The molecule has 1 aromatic rings. The van der Waals surface area contributed by atoms with E-state index in [2.05, 4.69) is 21.6 Å². The molecule has 1 aromatic carbocycles. The van der Waals surface area contributed by atoms with Crippen LogP contribution < -0.4 is 4.74 Å². The van der Waals surface area contributed by atoms with Crippen molar-refractivity contribution in [3.05, 3.63) is 29.8 Å². The molecule has 2 aliphatic rings. The van der Waals surface area contributed by atoms with Crippen molar-refractivity contribution in [1.82, 2.24) is 14.7 Å². The number of carbonyl (C=O) groups excluding carboxylic acids is 1. The van der Waals surface area contributed by atoms with Crippen molar-refractivity contribution >= 4 is 5.91 Å². The summed E-state index contributed by atoms with van der Waals surface area (Å²) in [5.41, 5.74) is 0.980. The van der Waals surface area contributed by atoms with Crippen LogP contribution in [0.4, 0.5) is 0 Å². The van der Waals surface area contributed by atoms with E-state index in [1.165, 1.54) is 12.8 Å². The summed E-state index contributed by atoms with van der Waals surface area (Å²) in [6.45, 7) is 10.2. The number of likely N-dealkylation sites (N-methyl/N-ethyl adjacent to an activating group) is 1. The maximum Gasteiger partial charge on any atom is 0.227 e. The first-order valence-corrected chi connectivity index (χ1v) is 12.0.